The Bertz CT molecular complexity index is 1220. The molecule has 0 atom stereocenters. The summed E-state index contributed by atoms with van der Waals surface area (Å²) in [5, 5.41) is 6.01. The van der Waals surface area contributed by atoms with Crippen LogP contribution in [0, 0.1) is 5.82 Å². The van der Waals surface area contributed by atoms with Gasteiger partial charge < -0.3 is 26.8 Å². The fourth-order valence-corrected chi connectivity index (χ4v) is 3.37. The summed E-state index contributed by atoms with van der Waals surface area (Å²) >= 11 is 0. The molecular weight excluding hydrogens is 389 g/mol. The second-order valence-corrected chi connectivity index (χ2v) is 6.96. The summed E-state index contributed by atoms with van der Waals surface area (Å²) in [7, 11) is 1.44. The number of pyridine rings is 1. The predicted octanol–water partition coefficient (Wildman–Crippen LogP) is 2.71. The minimum absolute atomic E-state index is 0.0106. The van der Waals surface area contributed by atoms with E-state index in [0.29, 0.717) is 5.75 Å². The Labute approximate surface area is 171 Å². The molecule has 0 saturated heterocycles. The van der Waals surface area contributed by atoms with Crippen LogP contribution in [0.4, 0.5) is 27.3 Å². The topological polar surface area (TPSA) is 124 Å². The van der Waals surface area contributed by atoms with Crippen molar-refractivity contribution in [3.05, 3.63) is 69.8 Å². The van der Waals surface area contributed by atoms with Crippen LogP contribution in [0.3, 0.4) is 0 Å². The first-order valence-corrected chi connectivity index (χ1v) is 9.24. The van der Waals surface area contributed by atoms with Gasteiger partial charge in [0.05, 0.1) is 5.69 Å². The van der Waals surface area contributed by atoms with Gasteiger partial charge in [0.15, 0.2) is 0 Å². The number of halogens is 1. The third kappa shape index (κ3) is 3.52. The van der Waals surface area contributed by atoms with E-state index in [1.54, 1.807) is 6.07 Å². The number of nitrogens with two attached hydrogens (primary N) is 2. The molecule has 0 fully saturated rings. The van der Waals surface area contributed by atoms with Gasteiger partial charge in [0.25, 0.3) is 11.5 Å². The van der Waals surface area contributed by atoms with Crippen LogP contribution in [0.15, 0.2) is 47.3 Å². The first-order valence-electron chi connectivity index (χ1n) is 9.24. The van der Waals surface area contributed by atoms with Gasteiger partial charge in [0, 0.05) is 31.0 Å². The lowest BCUT2D eigenvalue weighted by Gasteiger charge is -2.18. The lowest BCUT2D eigenvalue weighted by molar-refractivity contribution is 0.0998. The van der Waals surface area contributed by atoms with E-state index < -0.39 is 17.3 Å². The zero-order valence-corrected chi connectivity index (χ0v) is 16.2. The summed E-state index contributed by atoms with van der Waals surface area (Å²) in [5.41, 5.74) is 13.0. The SMILES string of the molecule is Cn1c(Nc2ccc(N)cc2F)c(C(N)=O)c(Oc2ccc3c(c2)CCN3)cc1=O. The van der Waals surface area contributed by atoms with Crippen molar-refractivity contribution in [1.29, 1.82) is 0 Å². The summed E-state index contributed by atoms with van der Waals surface area (Å²) in [4.78, 5) is 24.8. The van der Waals surface area contributed by atoms with Crippen molar-refractivity contribution in [2.75, 3.05) is 22.9 Å². The van der Waals surface area contributed by atoms with Gasteiger partial charge in [-0.05, 0) is 48.4 Å². The van der Waals surface area contributed by atoms with E-state index in [2.05, 4.69) is 10.6 Å². The van der Waals surface area contributed by atoms with Crippen molar-refractivity contribution < 1.29 is 13.9 Å². The van der Waals surface area contributed by atoms with Gasteiger partial charge >= 0.3 is 0 Å². The maximum Gasteiger partial charge on any atom is 0.256 e. The Balaban J connectivity index is 1.79. The number of carbonyl (C=O) groups excluding carboxylic acids is 1. The molecule has 0 aliphatic carbocycles. The maximum atomic E-state index is 14.3. The number of hydrogen-bond acceptors (Lipinski definition) is 6. The summed E-state index contributed by atoms with van der Waals surface area (Å²) in [6, 6.07) is 10.6. The second-order valence-electron chi connectivity index (χ2n) is 6.96. The van der Waals surface area contributed by atoms with Crippen LogP contribution in [0.2, 0.25) is 0 Å². The third-order valence-corrected chi connectivity index (χ3v) is 4.91. The van der Waals surface area contributed by atoms with Crippen molar-refractivity contribution in [3.63, 3.8) is 0 Å². The molecule has 0 saturated carbocycles. The molecule has 154 valence electrons. The molecule has 2 heterocycles. The van der Waals surface area contributed by atoms with Gasteiger partial charge in [-0.15, -0.1) is 0 Å². The molecule has 0 bridgehead atoms. The predicted molar refractivity (Wildman–Crippen MR) is 113 cm³/mol. The first-order chi connectivity index (χ1) is 14.3. The normalized spacial score (nSPS) is 12.2. The number of nitrogens with one attached hydrogen (secondary N) is 2. The van der Waals surface area contributed by atoms with Crippen molar-refractivity contribution in [2.45, 2.75) is 6.42 Å². The average molecular weight is 409 g/mol. The number of fused-ring (bicyclic) bond motifs is 1. The highest BCUT2D eigenvalue weighted by molar-refractivity contribution is 6.01. The van der Waals surface area contributed by atoms with Gasteiger partial charge in [0.2, 0.25) is 0 Å². The molecule has 1 aliphatic heterocycles. The number of carbonyl (C=O) groups is 1. The summed E-state index contributed by atoms with van der Waals surface area (Å²) < 4.78 is 21.3. The number of anilines is 4. The molecule has 9 heteroatoms. The van der Waals surface area contributed by atoms with E-state index in [0.717, 1.165) is 34.8 Å². The zero-order valence-electron chi connectivity index (χ0n) is 16.2. The highest BCUT2D eigenvalue weighted by Crippen LogP contribution is 2.33. The van der Waals surface area contributed by atoms with E-state index in [1.807, 2.05) is 12.1 Å². The molecule has 2 aromatic carbocycles. The number of nitrogens with zero attached hydrogens (tertiary/aromatic N) is 1. The smallest absolute Gasteiger partial charge is 0.256 e. The minimum Gasteiger partial charge on any atom is -0.456 e. The molecular formula is C21H20FN5O3. The molecule has 3 aromatic rings. The molecule has 0 unspecified atom stereocenters. The van der Waals surface area contributed by atoms with Gasteiger partial charge in [-0.3, -0.25) is 14.2 Å². The Hall–Kier alpha value is -4.01. The maximum absolute atomic E-state index is 14.3. The van der Waals surface area contributed by atoms with E-state index in [-0.39, 0.29) is 28.5 Å². The van der Waals surface area contributed by atoms with Gasteiger partial charge in [-0.2, -0.15) is 0 Å². The Morgan fingerprint density at radius 2 is 2.03 bits per heavy atom. The molecule has 1 aliphatic rings. The zero-order chi connectivity index (χ0) is 21.4. The number of aromatic nitrogens is 1. The lowest BCUT2D eigenvalue weighted by atomic mass is 10.1. The molecule has 30 heavy (non-hydrogen) atoms. The minimum atomic E-state index is -0.832. The largest absolute Gasteiger partial charge is 0.456 e. The molecule has 8 nitrogen and oxygen atoms in total. The Kier molecular flexibility index (Phi) is 4.78. The third-order valence-electron chi connectivity index (χ3n) is 4.91. The van der Waals surface area contributed by atoms with Crippen LogP contribution in [0.1, 0.15) is 15.9 Å². The van der Waals surface area contributed by atoms with Crippen LogP contribution < -0.4 is 32.4 Å². The number of hydrogen-bond donors (Lipinski definition) is 4. The fraction of sp³-hybridized carbons (Fsp3) is 0.143. The van der Waals surface area contributed by atoms with Crippen LogP contribution in [0.25, 0.3) is 0 Å². The Morgan fingerprint density at radius 3 is 2.77 bits per heavy atom. The van der Waals surface area contributed by atoms with Crippen LogP contribution >= 0.6 is 0 Å². The number of nitrogen functional groups attached to an aromatic ring is 1. The highest BCUT2D eigenvalue weighted by Gasteiger charge is 2.22. The summed E-state index contributed by atoms with van der Waals surface area (Å²) in [6.45, 7) is 0.832. The molecule has 6 N–H and O–H groups in total. The van der Waals surface area contributed by atoms with Crippen molar-refractivity contribution in [3.8, 4) is 11.5 Å². The summed E-state index contributed by atoms with van der Waals surface area (Å²) in [6.07, 6.45) is 0.842. The quantitative estimate of drug-likeness (QED) is 0.480. The van der Waals surface area contributed by atoms with Crippen molar-refractivity contribution >= 4 is 28.8 Å². The second kappa shape index (κ2) is 7.43. The molecule has 0 radical (unpaired) electrons. The molecule has 4 rings (SSSR count). The van der Waals surface area contributed by atoms with Gasteiger partial charge in [-0.25, -0.2) is 4.39 Å². The van der Waals surface area contributed by atoms with Crippen LogP contribution in [-0.4, -0.2) is 17.0 Å². The lowest BCUT2D eigenvalue weighted by Crippen LogP contribution is -2.25. The number of rotatable bonds is 5. The highest BCUT2D eigenvalue weighted by atomic mass is 19.1. The van der Waals surface area contributed by atoms with Gasteiger partial charge in [0.1, 0.15) is 28.7 Å². The average Bonchev–Trinajstić information content (AvgIpc) is 3.15. The molecule has 1 amide bonds. The van der Waals surface area contributed by atoms with Crippen molar-refractivity contribution in [1.82, 2.24) is 4.57 Å². The molecule has 0 spiro atoms. The first kappa shape index (κ1) is 19.3. The number of benzene rings is 2. The standard InChI is InChI=1S/C21H20FN5O3/c1-27-18(28)10-17(30-13-3-5-15-11(8-13)6-7-25-15)19(20(24)29)21(27)26-16-4-2-12(23)9-14(16)22/h2-5,8-10,25-26H,6-7,23H2,1H3,(H2,24,29). The summed E-state index contributed by atoms with van der Waals surface area (Å²) in [5.74, 6) is -1.03. The number of amides is 1. The molecule has 1 aromatic heterocycles. The van der Waals surface area contributed by atoms with E-state index in [1.165, 1.54) is 25.2 Å². The monoisotopic (exact) mass is 409 g/mol. The van der Waals surface area contributed by atoms with Crippen LogP contribution in [0.5, 0.6) is 11.5 Å². The van der Waals surface area contributed by atoms with Gasteiger partial charge in [-0.1, -0.05) is 0 Å². The van der Waals surface area contributed by atoms with Crippen LogP contribution in [-0.2, 0) is 13.5 Å². The number of ether oxygens (including phenoxy) is 1. The van der Waals surface area contributed by atoms with E-state index in [4.69, 9.17) is 16.2 Å². The van der Waals surface area contributed by atoms with E-state index in [9.17, 15) is 14.0 Å². The Morgan fingerprint density at radius 1 is 1.23 bits per heavy atom. The van der Waals surface area contributed by atoms with E-state index >= 15 is 0 Å². The number of primary amides is 1. The van der Waals surface area contributed by atoms with Crippen molar-refractivity contribution in [2.24, 2.45) is 12.8 Å². The fourth-order valence-electron chi connectivity index (χ4n) is 3.37.